The number of halogens is 1. The lowest BCUT2D eigenvalue weighted by Crippen LogP contribution is -2.29. The average molecular weight is 651 g/mol. The van der Waals surface area contributed by atoms with Crippen LogP contribution in [0, 0.1) is 11.3 Å². The Bertz CT molecular complexity index is 1120. The third-order valence-corrected chi connectivity index (χ3v) is 8.91. The van der Waals surface area contributed by atoms with Gasteiger partial charge in [-0.1, -0.05) is 133 Å². The molecule has 10 heteroatoms. The van der Waals surface area contributed by atoms with Crippen molar-refractivity contribution in [3.63, 3.8) is 0 Å². The Balaban J connectivity index is 1.65. The van der Waals surface area contributed by atoms with Crippen LogP contribution in [0.15, 0.2) is 42.5 Å². The molecular weight excluding hydrogens is 599 g/mol. The fourth-order valence-electron chi connectivity index (χ4n) is 4.73. The summed E-state index contributed by atoms with van der Waals surface area (Å²) in [5.41, 5.74) is 0.223. The number of phosphoric acid groups is 1. The first-order valence-electron chi connectivity index (χ1n) is 16.4. The first-order chi connectivity index (χ1) is 21.5. The topological polar surface area (TPSA) is 99.9 Å². The fraction of sp³-hybridized carbons (Fsp3) is 0.647. The smallest absolute Gasteiger partial charge is 0.469 e. The number of para-hydroxylation sites is 1. The number of phosphoric ester groups is 1. The van der Waals surface area contributed by atoms with E-state index in [2.05, 4.69) is 11.9 Å². The number of pyridine rings is 1. The average Bonchev–Trinajstić information content (AvgIpc) is 3.04. The molecule has 0 fully saturated rings. The first-order valence-corrected chi connectivity index (χ1v) is 18.2. The zero-order valence-electron chi connectivity index (χ0n) is 26.7. The highest BCUT2D eigenvalue weighted by Gasteiger charge is 2.30. The zero-order valence-corrected chi connectivity index (χ0v) is 28.4. The van der Waals surface area contributed by atoms with Crippen LogP contribution in [0.3, 0.4) is 0 Å². The van der Waals surface area contributed by atoms with Crippen molar-refractivity contribution in [1.29, 1.82) is 5.26 Å². The van der Waals surface area contributed by atoms with E-state index in [1.54, 1.807) is 42.5 Å². The monoisotopic (exact) mass is 650 g/mol. The molecule has 0 aliphatic carbocycles. The molecule has 0 N–H and O–H groups in total. The molecule has 8 nitrogen and oxygen atoms in total. The van der Waals surface area contributed by atoms with Crippen LogP contribution in [0.1, 0.15) is 115 Å². The molecule has 0 bridgehead atoms. The van der Waals surface area contributed by atoms with Crippen molar-refractivity contribution in [3.05, 3.63) is 53.2 Å². The molecule has 1 aromatic carbocycles. The maximum Gasteiger partial charge on any atom is 0.529 e. The minimum Gasteiger partial charge on any atom is -0.469 e. The van der Waals surface area contributed by atoms with Crippen LogP contribution >= 0.6 is 19.4 Å². The van der Waals surface area contributed by atoms with Crippen molar-refractivity contribution in [2.75, 3.05) is 26.9 Å². The molecule has 0 aliphatic rings. The van der Waals surface area contributed by atoms with E-state index in [0.29, 0.717) is 6.61 Å². The Kier molecular flexibility index (Phi) is 20.9. The van der Waals surface area contributed by atoms with Gasteiger partial charge in [-0.25, -0.2) is 9.55 Å². The highest BCUT2D eigenvalue weighted by Crippen LogP contribution is 2.50. The quantitative estimate of drug-likeness (QED) is 0.0695. The van der Waals surface area contributed by atoms with Gasteiger partial charge >= 0.3 is 7.82 Å². The molecular formula is C34H52ClN2O6P. The number of nitrogens with zero attached hydrogens (tertiary/aromatic N) is 2. The standard InChI is InChI=1S/C34H52ClN2O6P/c1-3-4-5-6-7-8-9-10-11-12-13-14-15-16-17-20-26-40-28-31(42-34-25-21-22-30(27-36)37-34)29-41-44(38,39-2)43-33-24-19-18-23-32(33)35/h18-19,21-25,31H,3-17,20,26,28-29H2,1-2H3/t31-,44?/m1/s1. The summed E-state index contributed by atoms with van der Waals surface area (Å²) in [5, 5.41) is 9.45. The molecule has 0 spiro atoms. The van der Waals surface area contributed by atoms with Gasteiger partial charge in [-0.2, -0.15) is 5.26 Å². The molecule has 1 unspecified atom stereocenters. The van der Waals surface area contributed by atoms with Gasteiger partial charge in [0.25, 0.3) is 0 Å². The second-order valence-electron chi connectivity index (χ2n) is 11.0. The third kappa shape index (κ3) is 17.4. The van der Waals surface area contributed by atoms with E-state index in [4.69, 9.17) is 34.6 Å². The van der Waals surface area contributed by atoms with Gasteiger partial charge < -0.3 is 14.0 Å². The van der Waals surface area contributed by atoms with Crippen LogP contribution in [0.4, 0.5) is 0 Å². The second kappa shape index (κ2) is 24.1. The maximum absolute atomic E-state index is 13.1. The number of rotatable bonds is 27. The molecule has 246 valence electrons. The summed E-state index contributed by atoms with van der Waals surface area (Å²) >= 11 is 6.14. The molecule has 0 amide bonds. The lowest BCUT2D eigenvalue weighted by molar-refractivity contribution is 0.0152. The summed E-state index contributed by atoms with van der Waals surface area (Å²) in [4.78, 5) is 4.16. The summed E-state index contributed by atoms with van der Waals surface area (Å²) in [5.74, 6) is 0.419. The number of nitriles is 1. The molecule has 2 aromatic rings. The van der Waals surface area contributed by atoms with E-state index < -0.39 is 13.9 Å². The van der Waals surface area contributed by atoms with Gasteiger partial charge in [0.1, 0.15) is 23.6 Å². The molecule has 0 aliphatic heterocycles. The van der Waals surface area contributed by atoms with E-state index in [1.165, 1.54) is 97.0 Å². The lowest BCUT2D eigenvalue weighted by Gasteiger charge is -2.22. The Morgan fingerprint density at radius 2 is 1.41 bits per heavy atom. The number of hydrogen-bond acceptors (Lipinski definition) is 8. The Labute approximate surface area is 270 Å². The fourth-order valence-corrected chi connectivity index (χ4v) is 5.94. The van der Waals surface area contributed by atoms with Crippen LogP contribution in [0.25, 0.3) is 0 Å². The Morgan fingerprint density at radius 3 is 1.98 bits per heavy atom. The van der Waals surface area contributed by atoms with Gasteiger partial charge in [0.15, 0.2) is 0 Å². The van der Waals surface area contributed by atoms with Crippen LogP contribution in [-0.2, 0) is 18.3 Å². The highest BCUT2D eigenvalue weighted by atomic mass is 35.5. The molecule has 0 saturated carbocycles. The SMILES string of the molecule is CCCCCCCCCCCCCCCCCCOC[C@H](COP(=O)(OC)Oc1ccccc1Cl)Oc1cccc(C#N)n1. The molecule has 2 rings (SSSR count). The summed E-state index contributed by atoms with van der Waals surface area (Å²) in [6.07, 6.45) is 20.3. The lowest BCUT2D eigenvalue weighted by atomic mass is 10.0. The Hall–Kier alpha value is -2.14. The zero-order chi connectivity index (χ0) is 31.7. The van der Waals surface area contributed by atoms with Gasteiger partial charge in [0, 0.05) is 19.8 Å². The van der Waals surface area contributed by atoms with Crippen LogP contribution in [0.5, 0.6) is 11.6 Å². The molecule has 0 saturated heterocycles. The minimum atomic E-state index is -3.99. The summed E-state index contributed by atoms with van der Waals surface area (Å²) in [6, 6.07) is 13.5. The molecule has 1 aromatic heterocycles. The predicted molar refractivity (Wildman–Crippen MR) is 176 cm³/mol. The van der Waals surface area contributed by atoms with E-state index in [-0.39, 0.29) is 35.6 Å². The van der Waals surface area contributed by atoms with Crippen LogP contribution in [0.2, 0.25) is 5.02 Å². The van der Waals surface area contributed by atoms with Crippen LogP contribution < -0.4 is 9.26 Å². The first kappa shape index (κ1) is 38.0. The van der Waals surface area contributed by atoms with Crippen molar-refractivity contribution in [2.45, 2.75) is 116 Å². The number of hydrogen-bond donors (Lipinski definition) is 0. The molecule has 1 heterocycles. The maximum atomic E-state index is 13.1. The van der Waals surface area contributed by atoms with Crippen molar-refractivity contribution >= 4 is 19.4 Å². The highest BCUT2D eigenvalue weighted by molar-refractivity contribution is 7.48. The molecule has 0 radical (unpaired) electrons. The number of benzene rings is 1. The molecule has 44 heavy (non-hydrogen) atoms. The van der Waals surface area contributed by atoms with Gasteiger partial charge in [0.05, 0.1) is 18.2 Å². The Morgan fingerprint density at radius 1 is 0.818 bits per heavy atom. The van der Waals surface area contributed by atoms with E-state index in [9.17, 15) is 9.83 Å². The third-order valence-electron chi connectivity index (χ3n) is 7.26. The van der Waals surface area contributed by atoms with Crippen molar-refractivity contribution in [2.24, 2.45) is 0 Å². The van der Waals surface area contributed by atoms with E-state index >= 15 is 0 Å². The predicted octanol–water partition coefficient (Wildman–Crippen LogP) is 10.5. The number of ether oxygens (including phenoxy) is 2. The van der Waals surface area contributed by atoms with Gasteiger partial charge in [-0.3, -0.25) is 9.05 Å². The summed E-state index contributed by atoms with van der Waals surface area (Å²) in [6.45, 7) is 2.86. The molecule has 2 atom stereocenters. The van der Waals surface area contributed by atoms with Gasteiger partial charge in [-0.05, 0) is 24.6 Å². The number of aromatic nitrogens is 1. The second-order valence-corrected chi connectivity index (χ2v) is 13.1. The largest absolute Gasteiger partial charge is 0.529 e. The van der Waals surface area contributed by atoms with Gasteiger partial charge in [0.2, 0.25) is 5.88 Å². The summed E-state index contributed by atoms with van der Waals surface area (Å²) in [7, 11) is -2.76. The van der Waals surface area contributed by atoms with Gasteiger partial charge in [-0.15, -0.1) is 0 Å². The van der Waals surface area contributed by atoms with Crippen LogP contribution in [-0.4, -0.2) is 38.0 Å². The van der Waals surface area contributed by atoms with Crippen molar-refractivity contribution in [1.82, 2.24) is 4.98 Å². The van der Waals surface area contributed by atoms with Crippen molar-refractivity contribution < 1.29 is 27.6 Å². The number of unbranched alkanes of at least 4 members (excludes halogenated alkanes) is 15. The van der Waals surface area contributed by atoms with Crippen molar-refractivity contribution in [3.8, 4) is 17.7 Å². The summed E-state index contributed by atoms with van der Waals surface area (Å²) < 4.78 is 41.1. The van der Waals surface area contributed by atoms with E-state index in [0.717, 1.165) is 12.8 Å². The van der Waals surface area contributed by atoms with E-state index in [1.807, 2.05) is 6.07 Å². The normalized spacial score (nSPS) is 13.2. The minimum absolute atomic E-state index is 0.160.